The van der Waals surface area contributed by atoms with E-state index in [-0.39, 0.29) is 18.1 Å². The Morgan fingerprint density at radius 3 is 2.53 bits per heavy atom. The summed E-state index contributed by atoms with van der Waals surface area (Å²) in [6.45, 7) is 1.13. The first-order valence-electron chi connectivity index (χ1n) is 9.82. The maximum Gasteiger partial charge on any atom is 0.404 e. The maximum absolute atomic E-state index is 10.8. The lowest BCUT2D eigenvalue weighted by atomic mass is 10.1. The lowest BCUT2D eigenvalue weighted by Crippen LogP contribution is -2.32. The molecule has 0 bridgehead atoms. The second-order valence-corrected chi connectivity index (χ2v) is 7.27. The Kier molecular flexibility index (Phi) is 7.42. The first-order valence-corrected chi connectivity index (χ1v) is 9.82. The zero-order chi connectivity index (χ0) is 21.5. The van der Waals surface area contributed by atoms with Gasteiger partial charge in [0, 0.05) is 43.8 Å². The highest BCUT2D eigenvalue weighted by Crippen LogP contribution is 2.29. The van der Waals surface area contributed by atoms with Gasteiger partial charge in [0.2, 0.25) is 0 Å². The molecule has 0 unspecified atom stereocenters. The van der Waals surface area contributed by atoms with Crippen molar-refractivity contribution in [1.82, 2.24) is 20.8 Å². The zero-order valence-electron chi connectivity index (χ0n) is 17.4. The van der Waals surface area contributed by atoms with Gasteiger partial charge < -0.3 is 30.0 Å². The van der Waals surface area contributed by atoms with E-state index >= 15 is 0 Å². The lowest BCUT2D eigenvalue weighted by molar-refractivity contribution is 0.0701. The molecule has 3 rings (SSSR count). The van der Waals surface area contributed by atoms with Crippen LogP contribution in [-0.4, -0.2) is 61.4 Å². The summed E-state index contributed by atoms with van der Waals surface area (Å²) in [6, 6.07) is 10.2. The SMILES string of the molecule is COc1cc(-c2ccc(CN[C@@H]3C[C@@H](CNC(=O)O)[C@H](OC)C3)cc2)nnc1OC. The fraction of sp³-hybridized carbons (Fsp3) is 0.476. The second-order valence-electron chi connectivity index (χ2n) is 7.27. The summed E-state index contributed by atoms with van der Waals surface area (Å²) in [5.74, 6) is 1.06. The number of aromatic nitrogens is 2. The van der Waals surface area contributed by atoms with Crippen molar-refractivity contribution in [2.45, 2.75) is 31.5 Å². The third-order valence-corrected chi connectivity index (χ3v) is 5.43. The van der Waals surface area contributed by atoms with E-state index in [4.69, 9.17) is 19.3 Å². The number of carboxylic acid groups (broad SMARTS) is 1. The van der Waals surface area contributed by atoms with Gasteiger partial charge in [0.05, 0.1) is 26.0 Å². The van der Waals surface area contributed by atoms with Crippen LogP contribution in [0, 0.1) is 5.92 Å². The largest absolute Gasteiger partial charge is 0.491 e. The highest BCUT2D eigenvalue weighted by molar-refractivity contribution is 5.64. The van der Waals surface area contributed by atoms with Crippen LogP contribution in [0.5, 0.6) is 11.6 Å². The normalized spacial score (nSPS) is 20.7. The summed E-state index contributed by atoms with van der Waals surface area (Å²) in [6.07, 6.45) is 0.792. The standard InChI is InChI=1S/C21H28N4O5/c1-28-18-9-16(8-15(18)12-23-21(26)27)22-11-13-4-6-14(7-5-13)17-10-19(29-2)20(30-3)25-24-17/h4-7,10,15-16,18,22-23H,8-9,11-12H2,1-3H3,(H,26,27)/t15-,16+,18+/m0/s1. The Balaban J connectivity index is 1.57. The molecule has 1 aromatic heterocycles. The van der Waals surface area contributed by atoms with Gasteiger partial charge in [-0.25, -0.2) is 4.79 Å². The van der Waals surface area contributed by atoms with Gasteiger partial charge in [0.25, 0.3) is 5.88 Å². The quantitative estimate of drug-likeness (QED) is 0.571. The van der Waals surface area contributed by atoms with Crippen LogP contribution in [0.15, 0.2) is 30.3 Å². The molecular formula is C21H28N4O5. The summed E-state index contributed by atoms with van der Waals surface area (Å²) in [5.41, 5.74) is 2.79. The highest BCUT2D eigenvalue weighted by Gasteiger charge is 2.34. The van der Waals surface area contributed by atoms with Gasteiger partial charge in [-0.3, -0.25) is 0 Å². The number of nitrogens with one attached hydrogen (secondary N) is 2. The van der Waals surface area contributed by atoms with Crippen molar-refractivity contribution in [3.8, 4) is 22.9 Å². The third kappa shape index (κ3) is 5.37. The second kappa shape index (κ2) is 10.2. The zero-order valence-corrected chi connectivity index (χ0v) is 17.4. The Bertz CT molecular complexity index is 846. The summed E-state index contributed by atoms with van der Waals surface area (Å²) in [7, 11) is 4.77. The molecule has 162 valence electrons. The molecular weight excluding hydrogens is 388 g/mol. The van der Waals surface area contributed by atoms with Crippen LogP contribution < -0.4 is 20.1 Å². The van der Waals surface area contributed by atoms with E-state index in [2.05, 4.69) is 20.8 Å². The van der Waals surface area contributed by atoms with Gasteiger partial charge in [-0.05, 0) is 18.4 Å². The van der Waals surface area contributed by atoms with Crippen LogP contribution in [0.1, 0.15) is 18.4 Å². The molecule has 0 radical (unpaired) electrons. The monoisotopic (exact) mass is 416 g/mol. The molecule has 9 nitrogen and oxygen atoms in total. The molecule has 1 amide bonds. The average molecular weight is 416 g/mol. The number of methoxy groups -OCH3 is 3. The Labute approximate surface area is 175 Å². The van der Waals surface area contributed by atoms with Crippen molar-refractivity contribution in [2.75, 3.05) is 27.9 Å². The van der Waals surface area contributed by atoms with Crippen LogP contribution in [0.4, 0.5) is 4.79 Å². The van der Waals surface area contributed by atoms with Crippen LogP contribution in [0.3, 0.4) is 0 Å². The molecule has 0 aliphatic heterocycles. The molecule has 1 aromatic carbocycles. The number of rotatable bonds is 9. The van der Waals surface area contributed by atoms with Crippen molar-refractivity contribution >= 4 is 6.09 Å². The highest BCUT2D eigenvalue weighted by atomic mass is 16.5. The molecule has 1 heterocycles. The Morgan fingerprint density at radius 2 is 1.90 bits per heavy atom. The first-order chi connectivity index (χ1) is 14.5. The Hall–Kier alpha value is -2.91. The van der Waals surface area contributed by atoms with E-state index in [9.17, 15) is 4.79 Å². The van der Waals surface area contributed by atoms with Gasteiger partial charge in [-0.1, -0.05) is 24.3 Å². The fourth-order valence-electron chi connectivity index (χ4n) is 3.82. The van der Waals surface area contributed by atoms with Crippen molar-refractivity contribution in [1.29, 1.82) is 0 Å². The number of benzene rings is 1. The van der Waals surface area contributed by atoms with E-state index in [1.807, 2.05) is 24.3 Å². The number of hydrogen-bond donors (Lipinski definition) is 3. The first kappa shape index (κ1) is 21.8. The summed E-state index contributed by atoms with van der Waals surface area (Å²) >= 11 is 0. The molecule has 3 N–H and O–H groups in total. The summed E-state index contributed by atoms with van der Waals surface area (Å²) in [5, 5.41) is 23.1. The van der Waals surface area contributed by atoms with Crippen molar-refractivity contribution in [3.63, 3.8) is 0 Å². The van der Waals surface area contributed by atoms with Crippen LogP contribution in [0.2, 0.25) is 0 Å². The van der Waals surface area contributed by atoms with Gasteiger partial charge in [-0.15, -0.1) is 10.2 Å². The molecule has 1 fully saturated rings. The molecule has 1 saturated carbocycles. The molecule has 0 spiro atoms. The Morgan fingerprint density at radius 1 is 1.13 bits per heavy atom. The van der Waals surface area contributed by atoms with Crippen LogP contribution in [-0.2, 0) is 11.3 Å². The van der Waals surface area contributed by atoms with E-state index in [0.29, 0.717) is 23.9 Å². The molecule has 2 aromatic rings. The molecule has 3 atom stereocenters. The fourth-order valence-corrected chi connectivity index (χ4v) is 3.82. The van der Waals surface area contributed by atoms with E-state index in [1.54, 1.807) is 20.3 Å². The third-order valence-electron chi connectivity index (χ3n) is 5.43. The smallest absolute Gasteiger partial charge is 0.404 e. The minimum Gasteiger partial charge on any atom is -0.491 e. The lowest BCUT2D eigenvalue weighted by Gasteiger charge is -2.16. The molecule has 1 aliphatic carbocycles. The van der Waals surface area contributed by atoms with Gasteiger partial charge in [-0.2, -0.15) is 0 Å². The van der Waals surface area contributed by atoms with E-state index in [1.165, 1.54) is 7.11 Å². The van der Waals surface area contributed by atoms with Crippen LogP contribution >= 0.6 is 0 Å². The number of carbonyl (C=O) groups is 1. The van der Waals surface area contributed by atoms with E-state index < -0.39 is 6.09 Å². The molecule has 0 saturated heterocycles. The number of amides is 1. The van der Waals surface area contributed by atoms with E-state index in [0.717, 1.165) is 30.5 Å². The van der Waals surface area contributed by atoms with Gasteiger partial charge in [0.1, 0.15) is 0 Å². The van der Waals surface area contributed by atoms with Crippen molar-refractivity contribution < 1.29 is 24.1 Å². The molecule has 9 heteroatoms. The minimum atomic E-state index is -1.000. The number of nitrogens with zero attached hydrogens (tertiary/aromatic N) is 2. The van der Waals surface area contributed by atoms with Crippen molar-refractivity contribution in [2.24, 2.45) is 5.92 Å². The summed E-state index contributed by atoms with van der Waals surface area (Å²) in [4.78, 5) is 10.8. The average Bonchev–Trinajstić information content (AvgIpc) is 3.18. The number of ether oxygens (including phenoxy) is 3. The van der Waals surface area contributed by atoms with Gasteiger partial charge >= 0.3 is 6.09 Å². The number of hydrogen-bond acceptors (Lipinski definition) is 7. The summed E-state index contributed by atoms with van der Waals surface area (Å²) < 4.78 is 16.0. The topological polar surface area (TPSA) is 115 Å². The maximum atomic E-state index is 10.8. The van der Waals surface area contributed by atoms with Gasteiger partial charge in [0.15, 0.2) is 5.75 Å². The van der Waals surface area contributed by atoms with Crippen LogP contribution in [0.25, 0.3) is 11.3 Å². The minimum absolute atomic E-state index is 0.0559. The predicted octanol–water partition coefficient (Wildman–Crippen LogP) is 2.31. The predicted molar refractivity (Wildman–Crippen MR) is 111 cm³/mol. The molecule has 1 aliphatic rings. The molecule has 30 heavy (non-hydrogen) atoms. The van der Waals surface area contributed by atoms with Crippen molar-refractivity contribution in [3.05, 3.63) is 35.9 Å².